The number of benzene rings is 1. The summed E-state index contributed by atoms with van der Waals surface area (Å²) in [5, 5.41) is 14.3. The maximum atomic E-state index is 10.8. The van der Waals surface area contributed by atoms with Crippen LogP contribution in [0.15, 0.2) is 30.5 Å². The topological polar surface area (TPSA) is 64.3 Å². The molecule has 1 aliphatic rings. The van der Waals surface area contributed by atoms with Gasteiger partial charge in [0.1, 0.15) is 0 Å². The third kappa shape index (κ3) is 1.97. The lowest BCUT2D eigenvalue weighted by molar-refractivity contribution is -0.149. The Labute approximate surface area is 104 Å². The van der Waals surface area contributed by atoms with E-state index in [1.165, 1.54) is 0 Å². The molecule has 0 bridgehead atoms. The van der Waals surface area contributed by atoms with Gasteiger partial charge in [-0.05, 0) is 18.9 Å². The van der Waals surface area contributed by atoms with Crippen LogP contribution in [0, 0.1) is 0 Å². The van der Waals surface area contributed by atoms with Crippen LogP contribution in [0.1, 0.15) is 12.8 Å². The first-order valence-electron chi connectivity index (χ1n) is 6.03. The third-order valence-electron chi connectivity index (χ3n) is 3.31. The fraction of sp³-hybridized carbons (Fsp3) is 0.385. The molecule has 2 aromatic rings. The van der Waals surface area contributed by atoms with Gasteiger partial charge >= 0.3 is 5.97 Å². The number of nitrogens with zero attached hydrogens (tertiary/aromatic N) is 2. The van der Waals surface area contributed by atoms with E-state index >= 15 is 0 Å². The number of carboxylic acids is 1. The van der Waals surface area contributed by atoms with Gasteiger partial charge in [-0.2, -0.15) is 5.10 Å². The van der Waals surface area contributed by atoms with E-state index in [0.29, 0.717) is 13.0 Å². The SMILES string of the molecule is O=C(O)C1CCC(Cn2ncc3ccccc32)O1. The minimum atomic E-state index is -0.872. The van der Waals surface area contributed by atoms with E-state index in [-0.39, 0.29) is 6.10 Å². The fourth-order valence-electron chi connectivity index (χ4n) is 2.39. The Morgan fingerprint density at radius 3 is 3.06 bits per heavy atom. The van der Waals surface area contributed by atoms with Crippen LogP contribution in [0.25, 0.3) is 10.9 Å². The van der Waals surface area contributed by atoms with E-state index in [1.54, 1.807) is 0 Å². The third-order valence-corrected chi connectivity index (χ3v) is 3.31. The summed E-state index contributed by atoms with van der Waals surface area (Å²) in [5.74, 6) is -0.872. The summed E-state index contributed by atoms with van der Waals surface area (Å²) in [5.41, 5.74) is 1.06. The second kappa shape index (κ2) is 4.42. The van der Waals surface area contributed by atoms with Crippen LogP contribution in [-0.2, 0) is 16.1 Å². The molecule has 1 N–H and O–H groups in total. The molecule has 0 amide bonds. The summed E-state index contributed by atoms with van der Waals surface area (Å²) in [4.78, 5) is 10.8. The first-order valence-corrected chi connectivity index (χ1v) is 6.03. The number of aromatic nitrogens is 2. The summed E-state index contributed by atoms with van der Waals surface area (Å²) in [6.45, 7) is 0.608. The molecule has 3 rings (SSSR count). The Bertz CT molecular complexity index is 578. The van der Waals surface area contributed by atoms with Crippen molar-refractivity contribution in [2.45, 2.75) is 31.6 Å². The van der Waals surface area contributed by atoms with Crippen LogP contribution in [0.4, 0.5) is 0 Å². The molecule has 0 spiro atoms. The zero-order valence-electron chi connectivity index (χ0n) is 9.82. The van der Waals surface area contributed by atoms with Gasteiger partial charge in [0.15, 0.2) is 6.10 Å². The van der Waals surface area contributed by atoms with Crippen molar-refractivity contribution in [2.24, 2.45) is 0 Å². The van der Waals surface area contributed by atoms with Gasteiger partial charge in [-0.1, -0.05) is 18.2 Å². The molecule has 5 heteroatoms. The Kier molecular flexibility index (Phi) is 2.76. The van der Waals surface area contributed by atoms with E-state index in [4.69, 9.17) is 9.84 Å². The Morgan fingerprint density at radius 2 is 2.28 bits per heavy atom. The monoisotopic (exact) mass is 246 g/mol. The van der Waals surface area contributed by atoms with Crippen LogP contribution >= 0.6 is 0 Å². The number of hydrogen-bond donors (Lipinski definition) is 1. The minimum Gasteiger partial charge on any atom is -0.479 e. The van der Waals surface area contributed by atoms with Crippen LogP contribution in [0.3, 0.4) is 0 Å². The van der Waals surface area contributed by atoms with E-state index in [2.05, 4.69) is 5.10 Å². The van der Waals surface area contributed by atoms with Gasteiger partial charge in [0, 0.05) is 5.39 Å². The van der Waals surface area contributed by atoms with Gasteiger partial charge in [0.25, 0.3) is 0 Å². The molecular formula is C13H14N2O3. The lowest BCUT2D eigenvalue weighted by Crippen LogP contribution is -2.23. The smallest absolute Gasteiger partial charge is 0.332 e. The Hall–Kier alpha value is -1.88. The predicted molar refractivity (Wildman–Crippen MR) is 65.3 cm³/mol. The summed E-state index contributed by atoms with van der Waals surface area (Å²) >= 11 is 0. The molecule has 1 aromatic carbocycles. The highest BCUT2D eigenvalue weighted by Gasteiger charge is 2.30. The van der Waals surface area contributed by atoms with Crippen molar-refractivity contribution < 1.29 is 14.6 Å². The molecule has 18 heavy (non-hydrogen) atoms. The highest BCUT2D eigenvalue weighted by molar-refractivity contribution is 5.78. The number of fused-ring (bicyclic) bond motifs is 1. The number of rotatable bonds is 3. The molecule has 1 aliphatic heterocycles. The van der Waals surface area contributed by atoms with Crippen molar-refractivity contribution >= 4 is 16.9 Å². The largest absolute Gasteiger partial charge is 0.479 e. The van der Waals surface area contributed by atoms with Crippen molar-refractivity contribution in [3.05, 3.63) is 30.5 Å². The molecule has 0 radical (unpaired) electrons. The quantitative estimate of drug-likeness (QED) is 0.894. The molecule has 0 saturated carbocycles. The molecule has 5 nitrogen and oxygen atoms in total. The second-order valence-corrected chi connectivity index (χ2v) is 4.55. The van der Waals surface area contributed by atoms with Crippen LogP contribution in [0.2, 0.25) is 0 Å². The predicted octanol–water partition coefficient (Wildman–Crippen LogP) is 1.67. The average molecular weight is 246 g/mol. The van der Waals surface area contributed by atoms with Crippen molar-refractivity contribution in [2.75, 3.05) is 0 Å². The summed E-state index contributed by atoms with van der Waals surface area (Å²) in [6, 6.07) is 7.96. The zero-order chi connectivity index (χ0) is 12.5. The normalized spacial score (nSPS) is 23.6. The Balaban J connectivity index is 1.76. The highest BCUT2D eigenvalue weighted by Crippen LogP contribution is 2.22. The van der Waals surface area contributed by atoms with Crippen molar-refractivity contribution in [3.8, 4) is 0 Å². The van der Waals surface area contributed by atoms with Crippen molar-refractivity contribution in [1.82, 2.24) is 9.78 Å². The molecule has 2 heterocycles. The number of ether oxygens (including phenoxy) is 1. The summed E-state index contributed by atoms with van der Waals surface area (Å²) in [7, 11) is 0. The minimum absolute atomic E-state index is 0.0607. The summed E-state index contributed by atoms with van der Waals surface area (Å²) in [6.07, 6.45) is 2.45. The van der Waals surface area contributed by atoms with Gasteiger partial charge in [0.2, 0.25) is 0 Å². The average Bonchev–Trinajstić information content (AvgIpc) is 2.98. The summed E-state index contributed by atoms with van der Waals surface area (Å²) < 4.78 is 7.36. The molecule has 2 atom stereocenters. The standard InChI is InChI=1S/C13H14N2O3/c16-13(17)12-6-5-10(18-12)8-15-11-4-2-1-3-9(11)7-14-15/h1-4,7,10,12H,5-6,8H2,(H,16,17). The Morgan fingerprint density at radius 1 is 1.44 bits per heavy atom. The molecular weight excluding hydrogens is 232 g/mol. The highest BCUT2D eigenvalue weighted by atomic mass is 16.5. The number of carboxylic acid groups (broad SMARTS) is 1. The first-order chi connectivity index (χ1) is 8.74. The van der Waals surface area contributed by atoms with Crippen LogP contribution < -0.4 is 0 Å². The first kappa shape index (κ1) is 11.2. The fourth-order valence-corrected chi connectivity index (χ4v) is 2.39. The van der Waals surface area contributed by atoms with E-state index < -0.39 is 12.1 Å². The van der Waals surface area contributed by atoms with Crippen LogP contribution in [0.5, 0.6) is 0 Å². The number of aliphatic carboxylic acids is 1. The van der Waals surface area contributed by atoms with Crippen molar-refractivity contribution in [1.29, 1.82) is 0 Å². The second-order valence-electron chi connectivity index (χ2n) is 4.55. The van der Waals surface area contributed by atoms with E-state index in [1.807, 2.05) is 35.1 Å². The van der Waals surface area contributed by atoms with Gasteiger partial charge < -0.3 is 9.84 Å². The maximum absolute atomic E-state index is 10.8. The molecule has 1 aromatic heterocycles. The van der Waals surface area contributed by atoms with E-state index in [9.17, 15) is 4.79 Å². The van der Waals surface area contributed by atoms with Gasteiger partial charge in [-0.15, -0.1) is 0 Å². The van der Waals surface area contributed by atoms with E-state index in [0.717, 1.165) is 17.3 Å². The lowest BCUT2D eigenvalue weighted by atomic mass is 10.2. The maximum Gasteiger partial charge on any atom is 0.332 e. The number of para-hydroxylation sites is 1. The molecule has 94 valence electrons. The van der Waals surface area contributed by atoms with Crippen LogP contribution in [-0.4, -0.2) is 33.1 Å². The van der Waals surface area contributed by atoms with Gasteiger partial charge in [-0.25, -0.2) is 4.79 Å². The number of hydrogen-bond acceptors (Lipinski definition) is 3. The molecule has 1 fully saturated rings. The van der Waals surface area contributed by atoms with Gasteiger partial charge in [-0.3, -0.25) is 4.68 Å². The lowest BCUT2D eigenvalue weighted by Gasteiger charge is -2.11. The molecule has 1 saturated heterocycles. The molecule has 0 aliphatic carbocycles. The van der Waals surface area contributed by atoms with Crippen molar-refractivity contribution in [3.63, 3.8) is 0 Å². The van der Waals surface area contributed by atoms with Gasteiger partial charge in [0.05, 0.1) is 24.4 Å². The zero-order valence-corrected chi connectivity index (χ0v) is 9.82. The number of carbonyl (C=O) groups is 1. The molecule has 2 unspecified atom stereocenters.